The van der Waals surface area contributed by atoms with Crippen LogP contribution in [0.2, 0.25) is 0 Å². The molecule has 1 aliphatic rings. The molecule has 0 radical (unpaired) electrons. The molecule has 4 nitrogen and oxygen atoms in total. The Morgan fingerprint density at radius 2 is 1.34 bits per heavy atom. The molecule has 0 bridgehead atoms. The summed E-state index contributed by atoms with van der Waals surface area (Å²) < 4.78 is 6.05. The first-order valence-electron chi connectivity index (χ1n) is 10.7. The van der Waals surface area contributed by atoms with E-state index in [1.54, 1.807) is 6.21 Å². The summed E-state index contributed by atoms with van der Waals surface area (Å²) >= 11 is 0. The van der Waals surface area contributed by atoms with Gasteiger partial charge in [-0.05, 0) is 48.3 Å². The summed E-state index contributed by atoms with van der Waals surface area (Å²) in [6, 6.07) is 29.3. The summed E-state index contributed by atoms with van der Waals surface area (Å²) in [4.78, 5) is 12.9. The van der Waals surface area contributed by atoms with Crippen molar-refractivity contribution in [2.75, 3.05) is 0 Å². The molecule has 160 valence electrons. The number of para-hydroxylation sites is 1. The highest BCUT2D eigenvalue weighted by Crippen LogP contribution is 2.31. The van der Waals surface area contributed by atoms with Gasteiger partial charge >= 0.3 is 0 Å². The van der Waals surface area contributed by atoms with E-state index in [-0.39, 0.29) is 11.9 Å². The molecule has 1 fully saturated rings. The molecule has 3 aromatic carbocycles. The molecule has 0 unspecified atom stereocenters. The van der Waals surface area contributed by atoms with Crippen molar-refractivity contribution in [2.45, 2.75) is 26.0 Å². The van der Waals surface area contributed by atoms with Crippen LogP contribution in [-0.4, -0.2) is 29.3 Å². The van der Waals surface area contributed by atoms with Crippen molar-refractivity contribution >= 4 is 24.3 Å². The number of carbonyl (C=O) groups excluding carboxylic acids is 1. The van der Waals surface area contributed by atoms with E-state index in [4.69, 9.17) is 4.74 Å². The van der Waals surface area contributed by atoms with Gasteiger partial charge < -0.3 is 4.74 Å². The van der Waals surface area contributed by atoms with Crippen LogP contribution >= 0.6 is 0 Å². The van der Waals surface area contributed by atoms with Gasteiger partial charge in [0, 0.05) is 0 Å². The standard InChI is InChI=1S/C28H26N2O2/c1-21(18-23-12-6-3-7-13-23)20-29-30-26(22(2)19-24-14-8-4-9-15-24)27(28(30)31)32-25-16-10-5-11-17-25/h3-20,26-27H,1-2H3/b21-18+,22-19+,29-20+/t26-,27+/m0/s1. The smallest absolute Gasteiger partial charge is 0.287 e. The maximum absolute atomic E-state index is 12.9. The highest BCUT2D eigenvalue weighted by Gasteiger charge is 2.50. The van der Waals surface area contributed by atoms with E-state index in [0.29, 0.717) is 5.75 Å². The highest BCUT2D eigenvalue weighted by molar-refractivity contribution is 5.92. The number of β-lactam (4-membered cyclic amide) rings is 1. The fourth-order valence-corrected chi connectivity index (χ4v) is 3.67. The van der Waals surface area contributed by atoms with Crippen molar-refractivity contribution in [3.05, 3.63) is 113 Å². The molecule has 4 rings (SSSR count). The minimum atomic E-state index is -0.604. The summed E-state index contributed by atoms with van der Waals surface area (Å²) in [5.41, 5.74) is 4.14. The van der Waals surface area contributed by atoms with Crippen molar-refractivity contribution in [1.82, 2.24) is 5.01 Å². The Hall–Kier alpha value is -3.92. The molecular weight excluding hydrogens is 396 g/mol. The second kappa shape index (κ2) is 9.92. The molecular formula is C28H26N2O2. The Morgan fingerprint density at radius 1 is 0.812 bits per heavy atom. The van der Waals surface area contributed by atoms with Gasteiger partial charge in [0.05, 0.1) is 6.21 Å². The Morgan fingerprint density at radius 3 is 1.94 bits per heavy atom. The van der Waals surface area contributed by atoms with E-state index in [1.807, 2.05) is 111 Å². The van der Waals surface area contributed by atoms with E-state index in [1.165, 1.54) is 5.01 Å². The van der Waals surface area contributed by atoms with Crippen molar-refractivity contribution in [3.63, 3.8) is 0 Å². The van der Waals surface area contributed by atoms with Crippen LogP contribution in [0.1, 0.15) is 25.0 Å². The van der Waals surface area contributed by atoms with Gasteiger partial charge in [0.15, 0.2) is 0 Å². The van der Waals surface area contributed by atoms with Gasteiger partial charge in [-0.2, -0.15) is 5.10 Å². The van der Waals surface area contributed by atoms with Crippen LogP contribution in [0.4, 0.5) is 0 Å². The summed E-state index contributed by atoms with van der Waals surface area (Å²) in [7, 11) is 0. The summed E-state index contributed by atoms with van der Waals surface area (Å²) in [6.45, 7) is 3.99. The second-order valence-electron chi connectivity index (χ2n) is 7.82. The Kier molecular flexibility index (Phi) is 6.61. The van der Waals surface area contributed by atoms with E-state index < -0.39 is 6.10 Å². The number of hydrazone groups is 1. The minimum absolute atomic E-state index is 0.150. The third-order valence-corrected chi connectivity index (χ3v) is 5.27. The van der Waals surface area contributed by atoms with E-state index in [0.717, 1.165) is 22.3 Å². The van der Waals surface area contributed by atoms with Gasteiger partial charge in [-0.25, -0.2) is 5.01 Å². The van der Waals surface area contributed by atoms with Gasteiger partial charge in [0.2, 0.25) is 6.10 Å². The lowest BCUT2D eigenvalue weighted by Gasteiger charge is -2.43. The molecule has 1 aliphatic heterocycles. The Bertz CT molecular complexity index is 1140. The topological polar surface area (TPSA) is 41.9 Å². The number of ether oxygens (including phenoxy) is 1. The quantitative estimate of drug-likeness (QED) is 0.355. The Balaban J connectivity index is 1.58. The van der Waals surface area contributed by atoms with Gasteiger partial charge in [0.1, 0.15) is 11.8 Å². The van der Waals surface area contributed by atoms with Crippen LogP contribution in [0.5, 0.6) is 5.75 Å². The molecule has 1 heterocycles. The van der Waals surface area contributed by atoms with Gasteiger partial charge in [-0.3, -0.25) is 4.79 Å². The molecule has 0 N–H and O–H groups in total. The average Bonchev–Trinajstić information content (AvgIpc) is 2.82. The minimum Gasteiger partial charge on any atom is -0.478 e. The lowest BCUT2D eigenvalue weighted by molar-refractivity contribution is -0.160. The maximum Gasteiger partial charge on any atom is 0.287 e. The molecule has 2 atom stereocenters. The van der Waals surface area contributed by atoms with Crippen molar-refractivity contribution < 1.29 is 9.53 Å². The fourth-order valence-electron chi connectivity index (χ4n) is 3.67. The van der Waals surface area contributed by atoms with Crippen LogP contribution in [0, 0.1) is 0 Å². The van der Waals surface area contributed by atoms with Crippen LogP contribution in [0.3, 0.4) is 0 Å². The van der Waals surface area contributed by atoms with Crippen LogP contribution in [0.15, 0.2) is 107 Å². The van der Waals surface area contributed by atoms with Gasteiger partial charge in [-0.15, -0.1) is 0 Å². The fraction of sp³-hybridized carbons (Fsp3) is 0.143. The SMILES string of the molecule is CC(/C=N/N1C(=O)[C@H](Oc2ccccc2)[C@@H]1/C(C)=C/c1ccccc1)=C\c1ccccc1. The number of hydrogen-bond donors (Lipinski definition) is 0. The number of hydrogen-bond acceptors (Lipinski definition) is 3. The highest BCUT2D eigenvalue weighted by atomic mass is 16.5. The number of nitrogens with zero attached hydrogens (tertiary/aromatic N) is 2. The number of carbonyl (C=O) groups is 1. The van der Waals surface area contributed by atoms with Crippen molar-refractivity contribution in [1.29, 1.82) is 0 Å². The first-order valence-corrected chi connectivity index (χ1v) is 10.7. The summed E-state index contributed by atoms with van der Waals surface area (Å²) in [6.07, 6.45) is 5.24. The van der Waals surface area contributed by atoms with Crippen LogP contribution in [0.25, 0.3) is 12.2 Å². The first-order chi connectivity index (χ1) is 15.6. The molecule has 0 saturated carbocycles. The van der Waals surface area contributed by atoms with E-state index in [2.05, 4.69) is 11.2 Å². The number of allylic oxidation sites excluding steroid dienone is 1. The predicted octanol–water partition coefficient (Wildman–Crippen LogP) is 5.84. The normalized spacial score (nSPS) is 19.2. The molecule has 1 saturated heterocycles. The zero-order chi connectivity index (χ0) is 22.3. The average molecular weight is 423 g/mol. The van der Waals surface area contributed by atoms with Crippen LogP contribution in [-0.2, 0) is 4.79 Å². The van der Waals surface area contributed by atoms with Crippen LogP contribution < -0.4 is 4.74 Å². The molecule has 0 spiro atoms. The molecule has 4 heteroatoms. The third-order valence-electron chi connectivity index (χ3n) is 5.27. The largest absolute Gasteiger partial charge is 0.478 e. The third kappa shape index (κ3) is 5.03. The van der Waals surface area contributed by atoms with Gasteiger partial charge in [0.25, 0.3) is 5.91 Å². The predicted molar refractivity (Wildman–Crippen MR) is 130 cm³/mol. The monoisotopic (exact) mass is 422 g/mol. The summed E-state index contributed by atoms with van der Waals surface area (Å²) in [5.74, 6) is 0.524. The van der Waals surface area contributed by atoms with Gasteiger partial charge in [-0.1, -0.05) is 91.0 Å². The van der Waals surface area contributed by atoms with E-state index in [9.17, 15) is 4.79 Å². The second-order valence-corrected chi connectivity index (χ2v) is 7.82. The molecule has 3 aromatic rings. The molecule has 0 aromatic heterocycles. The van der Waals surface area contributed by atoms with Crippen molar-refractivity contribution in [2.24, 2.45) is 5.10 Å². The van der Waals surface area contributed by atoms with Crippen molar-refractivity contribution in [3.8, 4) is 5.75 Å². The molecule has 0 aliphatic carbocycles. The number of benzene rings is 3. The lowest BCUT2D eigenvalue weighted by Crippen LogP contribution is -2.65. The van der Waals surface area contributed by atoms with E-state index >= 15 is 0 Å². The summed E-state index contributed by atoms with van der Waals surface area (Å²) in [5, 5.41) is 6.03. The number of rotatable bonds is 7. The first kappa shape index (κ1) is 21.3. The molecule has 32 heavy (non-hydrogen) atoms. The maximum atomic E-state index is 12.9. The zero-order valence-corrected chi connectivity index (χ0v) is 18.3. The number of amides is 1. The zero-order valence-electron chi connectivity index (χ0n) is 18.3. The lowest BCUT2D eigenvalue weighted by atomic mass is 9.92. The Labute approximate surface area is 189 Å². The molecule has 1 amide bonds.